The van der Waals surface area contributed by atoms with Crippen LogP contribution in [0.25, 0.3) is 0 Å². The van der Waals surface area contributed by atoms with Gasteiger partial charge in [-0.2, -0.15) is 0 Å². The van der Waals surface area contributed by atoms with E-state index in [1.54, 1.807) is 18.1 Å². The molecule has 3 rings (SSSR count). The molecule has 0 unspecified atom stereocenters. The number of benzene rings is 1. The van der Waals surface area contributed by atoms with Gasteiger partial charge in [0.15, 0.2) is 0 Å². The van der Waals surface area contributed by atoms with Gasteiger partial charge in [-0.05, 0) is 43.9 Å². The van der Waals surface area contributed by atoms with Gasteiger partial charge < -0.3 is 4.74 Å². The summed E-state index contributed by atoms with van der Waals surface area (Å²) >= 11 is 0. The van der Waals surface area contributed by atoms with Gasteiger partial charge in [0.05, 0.1) is 18.4 Å². The highest BCUT2D eigenvalue weighted by Crippen LogP contribution is 2.49. The minimum absolute atomic E-state index is 0.300. The molecule has 1 aromatic rings. The Balaban J connectivity index is 2.33. The number of methoxy groups -OCH3 is 1. The molecular weight excluding hydrogens is 242 g/mol. The van der Waals surface area contributed by atoms with E-state index in [1.807, 2.05) is 19.9 Å². The van der Waals surface area contributed by atoms with E-state index in [-0.39, 0.29) is 5.54 Å². The van der Waals surface area contributed by atoms with Crippen LogP contribution in [-0.4, -0.2) is 24.3 Å². The number of carbonyl (C=O) groups is 2. The number of hydrogen-bond donors (Lipinski definition) is 0. The second-order valence-corrected chi connectivity index (χ2v) is 6.00. The molecule has 0 bridgehead atoms. The monoisotopic (exact) mass is 259 g/mol. The number of anilines is 1. The van der Waals surface area contributed by atoms with E-state index in [9.17, 15) is 9.59 Å². The van der Waals surface area contributed by atoms with Gasteiger partial charge in [-0.15, -0.1) is 0 Å². The van der Waals surface area contributed by atoms with Crippen molar-refractivity contribution in [1.29, 1.82) is 0 Å². The fourth-order valence-electron chi connectivity index (χ4n) is 3.39. The molecule has 0 fully saturated rings. The molecule has 4 heteroatoms. The van der Waals surface area contributed by atoms with Crippen LogP contribution in [0.2, 0.25) is 0 Å². The van der Waals surface area contributed by atoms with Crippen LogP contribution >= 0.6 is 0 Å². The molecule has 2 heterocycles. The molecule has 100 valence electrons. The van der Waals surface area contributed by atoms with Crippen LogP contribution in [0.1, 0.15) is 49.0 Å². The summed E-state index contributed by atoms with van der Waals surface area (Å²) in [5, 5.41) is 0. The molecule has 0 aliphatic carbocycles. The molecule has 2 aliphatic rings. The van der Waals surface area contributed by atoms with Crippen molar-refractivity contribution in [3.63, 3.8) is 0 Å². The van der Waals surface area contributed by atoms with Crippen molar-refractivity contribution in [3.05, 3.63) is 23.3 Å². The summed E-state index contributed by atoms with van der Waals surface area (Å²) in [6, 6.07) is 3.62. The Kier molecular flexibility index (Phi) is 2.31. The molecule has 1 aromatic carbocycles. The third-order valence-electron chi connectivity index (χ3n) is 4.16. The fourth-order valence-corrected chi connectivity index (χ4v) is 3.39. The summed E-state index contributed by atoms with van der Waals surface area (Å²) in [4.78, 5) is 26.1. The Hall–Kier alpha value is -1.84. The molecule has 1 atom stereocenters. The Labute approximate surface area is 112 Å². The van der Waals surface area contributed by atoms with E-state index in [0.717, 1.165) is 17.7 Å². The summed E-state index contributed by atoms with van der Waals surface area (Å²) in [6.45, 7) is 6.15. The predicted octanol–water partition coefficient (Wildman–Crippen LogP) is 2.51. The Bertz CT molecular complexity index is 604. The number of ether oxygens (including phenoxy) is 1. The minimum atomic E-state index is -0.419. The highest BCUT2D eigenvalue weighted by molar-refractivity contribution is 6.53. The van der Waals surface area contributed by atoms with Gasteiger partial charge in [0, 0.05) is 5.54 Å². The first-order chi connectivity index (χ1) is 8.86. The standard InChI is InChI=1S/C15H17NO3/c1-8-7-15(2,3)16-12-10(8)5-9(19-4)6-11(12)13(17)14(16)18/h5-6,8H,7H2,1-4H3/t8-/m0/s1. The second kappa shape index (κ2) is 3.59. The van der Waals surface area contributed by atoms with Gasteiger partial charge in [-0.1, -0.05) is 6.92 Å². The van der Waals surface area contributed by atoms with E-state index in [4.69, 9.17) is 4.74 Å². The van der Waals surface area contributed by atoms with Crippen LogP contribution in [0.4, 0.5) is 5.69 Å². The molecule has 4 nitrogen and oxygen atoms in total. The molecule has 1 amide bonds. The zero-order chi connectivity index (χ0) is 13.9. The zero-order valence-electron chi connectivity index (χ0n) is 11.6. The molecule has 0 saturated heterocycles. The maximum atomic E-state index is 12.2. The summed E-state index contributed by atoms with van der Waals surface area (Å²) in [5.74, 6) is 0.107. The number of hydrogen-bond acceptors (Lipinski definition) is 3. The lowest BCUT2D eigenvalue weighted by Crippen LogP contribution is -2.50. The SMILES string of the molecule is COc1cc2c3c(c1)[C@@H](C)CC(C)(C)N3C(=O)C2=O. The van der Waals surface area contributed by atoms with Crippen molar-refractivity contribution in [2.24, 2.45) is 0 Å². The summed E-state index contributed by atoms with van der Waals surface area (Å²) < 4.78 is 5.24. The zero-order valence-corrected chi connectivity index (χ0v) is 11.6. The van der Waals surface area contributed by atoms with E-state index < -0.39 is 11.7 Å². The number of amides is 1. The van der Waals surface area contributed by atoms with Crippen LogP contribution < -0.4 is 9.64 Å². The Morgan fingerprint density at radius 2 is 2.00 bits per heavy atom. The number of nitrogens with zero attached hydrogens (tertiary/aromatic N) is 1. The highest BCUT2D eigenvalue weighted by atomic mass is 16.5. The Morgan fingerprint density at radius 1 is 1.32 bits per heavy atom. The fraction of sp³-hybridized carbons (Fsp3) is 0.467. The average molecular weight is 259 g/mol. The Morgan fingerprint density at radius 3 is 2.63 bits per heavy atom. The van der Waals surface area contributed by atoms with Gasteiger partial charge in [-0.3, -0.25) is 14.5 Å². The van der Waals surface area contributed by atoms with Crippen molar-refractivity contribution in [3.8, 4) is 5.75 Å². The van der Waals surface area contributed by atoms with Crippen molar-refractivity contribution >= 4 is 17.4 Å². The average Bonchev–Trinajstić information content (AvgIpc) is 2.60. The molecule has 0 N–H and O–H groups in total. The molecule has 0 aromatic heterocycles. The van der Waals surface area contributed by atoms with E-state index in [2.05, 4.69) is 6.92 Å². The molecule has 19 heavy (non-hydrogen) atoms. The van der Waals surface area contributed by atoms with Gasteiger partial charge in [-0.25, -0.2) is 0 Å². The van der Waals surface area contributed by atoms with Crippen LogP contribution in [0, 0.1) is 0 Å². The number of ketones is 1. The maximum absolute atomic E-state index is 12.2. The first-order valence-electron chi connectivity index (χ1n) is 6.47. The van der Waals surface area contributed by atoms with Crippen LogP contribution in [-0.2, 0) is 4.79 Å². The van der Waals surface area contributed by atoms with Crippen LogP contribution in [0.3, 0.4) is 0 Å². The maximum Gasteiger partial charge on any atom is 0.299 e. The van der Waals surface area contributed by atoms with Crippen molar-refractivity contribution in [1.82, 2.24) is 0 Å². The summed E-state index contributed by atoms with van der Waals surface area (Å²) in [7, 11) is 1.57. The lowest BCUT2D eigenvalue weighted by atomic mass is 9.80. The predicted molar refractivity (Wildman–Crippen MR) is 71.9 cm³/mol. The number of carbonyl (C=O) groups excluding carboxylic acids is 2. The largest absolute Gasteiger partial charge is 0.497 e. The van der Waals surface area contributed by atoms with Gasteiger partial charge >= 0.3 is 0 Å². The van der Waals surface area contributed by atoms with E-state index in [0.29, 0.717) is 17.2 Å². The molecule has 0 spiro atoms. The van der Waals surface area contributed by atoms with Crippen LogP contribution in [0.15, 0.2) is 12.1 Å². The van der Waals surface area contributed by atoms with E-state index in [1.165, 1.54) is 0 Å². The molecule has 0 saturated carbocycles. The van der Waals surface area contributed by atoms with E-state index >= 15 is 0 Å². The lowest BCUT2D eigenvalue weighted by molar-refractivity contribution is -0.115. The highest BCUT2D eigenvalue weighted by Gasteiger charge is 2.49. The lowest BCUT2D eigenvalue weighted by Gasteiger charge is -2.43. The third-order valence-corrected chi connectivity index (χ3v) is 4.16. The van der Waals surface area contributed by atoms with Crippen LogP contribution in [0.5, 0.6) is 5.75 Å². The minimum Gasteiger partial charge on any atom is -0.497 e. The van der Waals surface area contributed by atoms with Gasteiger partial charge in [0.1, 0.15) is 5.75 Å². The number of rotatable bonds is 1. The van der Waals surface area contributed by atoms with Crippen molar-refractivity contribution < 1.29 is 14.3 Å². The number of Topliss-reactive ketones (excluding diaryl/α,β-unsaturated/α-hetero) is 1. The summed E-state index contributed by atoms with van der Waals surface area (Å²) in [6.07, 6.45) is 0.839. The van der Waals surface area contributed by atoms with Crippen molar-refractivity contribution in [2.75, 3.05) is 12.0 Å². The van der Waals surface area contributed by atoms with Gasteiger partial charge in [0.2, 0.25) is 0 Å². The second-order valence-electron chi connectivity index (χ2n) is 6.00. The molecular formula is C15H17NO3. The summed E-state index contributed by atoms with van der Waals surface area (Å²) in [5.41, 5.74) is 1.99. The first-order valence-corrected chi connectivity index (χ1v) is 6.47. The molecule has 2 aliphatic heterocycles. The normalized spacial score (nSPS) is 23.6. The third kappa shape index (κ3) is 1.46. The quantitative estimate of drug-likeness (QED) is 0.728. The smallest absolute Gasteiger partial charge is 0.299 e. The first kappa shape index (κ1) is 12.2. The molecule has 0 radical (unpaired) electrons. The van der Waals surface area contributed by atoms with Crippen molar-refractivity contribution in [2.45, 2.75) is 38.6 Å². The topological polar surface area (TPSA) is 46.6 Å². The van der Waals surface area contributed by atoms with Gasteiger partial charge in [0.25, 0.3) is 11.7 Å².